The van der Waals surface area contributed by atoms with Crippen molar-refractivity contribution >= 4 is 22.6 Å². The molecule has 2 aromatic rings. The maximum Gasteiger partial charge on any atom is 0.169 e. The van der Waals surface area contributed by atoms with E-state index in [-0.39, 0.29) is 0 Å². The highest BCUT2D eigenvalue weighted by Gasteiger charge is 2.15. The van der Waals surface area contributed by atoms with Crippen molar-refractivity contribution in [3.05, 3.63) is 65.7 Å². The summed E-state index contributed by atoms with van der Waals surface area (Å²) in [6.45, 7) is 0. The third-order valence-electron chi connectivity index (χ3n) is 3.95. The van der Waals surface area contributed by atoms with Gasteiger partial charge in [0.15, 0.2) is 11.5 Å². The summed E-state index contributed by atoms with van der Waals surface area (Å²) in [5.74, 6) is 2.66. The molecule has 1 aliphatic rings. The number of ether oxygens (including phenoxy) is 2. The molecule has 0 bridgehead atoms. The maximum atomic E-state index is 6.06. The molecule has 0 unspecified atom stereocenters. The number of rotatable bonds is 6. The highest BCUT2D eigenvalue weighted by molar-refractivity contribution is 14.1. The van der Waals surface area contributed by atoms with Crippen molar-refractivity contribution in [2.75, 3.05) is 7.11 Å². The minimum atomic E-state index is 0.376. The van der Waals surface area contributed by atoms with Crippen molar-refractivity contribution < 1.29 is 9.47 Å². The van der Waals surface area contributed by atoms with Crippen molar-refractivity contribution in [3.8, 4) is 11.5 Å². The number of methoxy groups -OCH3 is 1. The molecule has 1 aromatic carbocycles. The van der Waals surface area contributed by atoms with Crippen molar-refractivity contribution in [3.63, 3.8) is 0 Å². The predicted octanol–water partition coefficient (Wildman–Crippen LogP) is 5.26. The fourth-order valence-corrected chi connectivity index (χ4v) is 3.58. The summed E-state index contributed by atoms with van der Waals surface area (Å²) in [5, 5.41) is 0. The molecule has 1 aliphatic carbocycles. The van der Waals surface area contributed by atoms with Gasteiger partial charge in [0.2, 0.25) is 0 Å². The van der Waals surface area contributed by atoms with Gasteiger partial charge in [-0.25, -0.2) is 0 Å². The molecule has 0 saturated heterocycles. The summed E-state index contributed by atoms with van der Waals surface area (Å²) in [5.41, 5.74) is 2.54. The molecule has 1 heterocycles. The number of halogens is 1. The fourth-order valence-electron chi connectivity index (χ4n) is 2.69. The number of aromatic nitrogens is 1. The summed E-state index contributed by atoms with van der Waals surface area (Å²) >= 11 is 2.48. The largest absolute Gasteiger partial charge is 0.493 e. The first-order valence-corrected chi connectivity index (χ1v) is 9.08. The average Bonchev–Trinajstić information content (AvgIpc) is 3.09. The van der Waals surface area contributed by atoms with Gasteiger partial charge in [-0.2, -0.15) is 0 Å². The Morgan fingerprint density at radius 3 is 2.70 bits per heavy atom. The molecule has 0 fully saturated rings. The van der Waals surface area contributed by atoms with E-state index in [9.17, 15) is 0 Å². The molecule has 0 amide bonds. The second-order valence-electron chi connectivity index (χ2n) is 5.60. The molecule has 3 nitrogen and oxygen atoms in total. The van der Waals surface area contributed by atoms with E-state index in [1.165, 1.54) is 17.5 Å². The molecule has 120 valence electrons. The zero-order chi connectivity index (χ0) is 16.1. The second kappa shape index (κ2) is 7.81. The quantitative estimate of drug-likeness (QED) is 0.471. The van der Waals surface area contributed by atoms with Crippen LogP contribution in [-0.4, -0.2) is 12.1 Å². The van der Waals surface area contributed by atoms with Crippen LogP contribution in [-0.2, 0) is 6.42 Å². The Hall–Kier alpha value is -1.56. The van der Waals surface area contributed by atoms with Gasteiger partial charge >= 0.3 is 0 Å². The van der Waals surface area contributed by atoms with E-state index in [0.29, 0.717) is 3.92 Å². The normalized spacial score (nSPS) is 15.1. The lowest BCUT2D eigenvalue weighted by Crippen LogP contribution is -1.99. The van der Waals surface area contributed by atoms with Crippen LogP contribution in [0.15, 0.2) is 54.6 Å². The first kappa shape index (κ1) is 16.3. The van der Waals surface area contributed by atoms with Gasteiger partial charge in [-0.1, -0.05) is 28.7 Å². The van der Waals surface area contributed by atoms with Crippen molar-refractivity contribution in [2.24, 2.45) is 0 Å². The molecule has 0 radical (unpaired) electrons. The number of pyridine rings is 1. The van der Waals surface area contributed by atoms with E-state index < -0.39 is 0 Å². The van der Waals surface area contributed by atoms with E-state index in [0.717, 1.165) is 36.5 Å². The van der Waals surface area contributed by atoms with E-state index in [1.54, 1.807) is 7.11 Å². The molecule has 0 N–H and O–H groups in total. The highest BCUT2D eigenvalue weighted by atomic mass is 127. The monoisotopic (exact) mass is 421 g/mol. The van der Waals surface area contributed by atoms with Crippen molar-refractivity contribution in [1.29, 1.82) is 0 Å². The lowest BCUT2D eigenvalue weighted by atomic mass is 10.0. The van der Waals surface area contributed by atoms with E-state index >= 15 is 0 Å². The van der Waals surface area contributed by atoms with Crippen LogP contribution < -0.4 is 9.47 Å². The summed E-state index contributed by atoms with van der Waals surface area (Å²) in [6, 6.07) is 10.4. The van der Waals surface area contributed by atoms with Crippen molar-refractivity contribution in [2.45, 2.75) is 29.6 Å². The number of allylic oxidation sites excluding steroid dienone is 2. The number of hydrogen-bond acceptors (Lipinski definition) is 3. The molecule has 0 saturated carbocycles. The lowest BCUT2D eigenvalue weighted by molar-refractivity contribution is 0.355. The topological polar surface area (TPSA) is 31.4 Å². The Balaban J connectivity index is 1.79. The zero-order valence-corrected chi connectivity index (χ0v) is 15.3. The predicted molar refractivity (Wildman–Crippen MR) is 100 cm³/mol. The van der Waals surface area contributed by atoms with Crippen LogP contribution in [0.2, 0.25) is 0 Å². The molecule has 23 heavy (non-hydrogen) atoms. The zero-order valence-electron chi connectivity index (χ0n) is 13.2. The maximum absolute atomic E-state index is 6.06. The second-order valence-corrected chi connectivity index (χ2v) is 7.11. The van der Waals surface area contributed by atoms with Crippen LogP contribution in [0.3, 0.4) is 0 Å². The van der Waals surface area contributed by atoms with Crippen LogP contribution in [0, 0.1) is 0 Å². The minimum absolute atomic E-state index is 0.376. The van der Waals surface area contributed by atoms with Crippen LogP contribution in [0.25, 0.3) is 0 Å². The van der Waals surface area contributed by atoms with E-state index in [4.69, 9.17) is 9.47 Å². The van der Waals surface area contributed by atoms with Crippen LogP contribution in [0.1, 0.15) is 34.3 Å². The van der Waals surface area contributed by atoms with Gasteiger partial charge in [-0.3, -0.25) is 4.98 Å². The molecule has 3 rings (SSSR count). The minimum Gasteiger partial charge on any atom is -0.493 e. The standard InChI is InChI=1S/C19H20INO2/c1-22-18-7-6-15(13-19(18)23-16-4-2-3-5-16)17(20)12-14-8-10-21-11-9-14/h4,6-11,13,17H,2-3,5,12H2,1H3/t17-/m0/s1. The number of benzene rings is 1. The van der Waals surface area contributed by atoms with Gasteiger partial charge in [0, 0.05) is 22.7 Å². The first-order chi connectivity index (χ1) is 11.3. The van der Waals surface area contributed by atoms with Gasteiger partial charge in [0.05, 0.1) is 7.11 Å². The summed E-state index contributed by atoms with van der Waals surface area (Å²) < 4.78 is 11.9. The SMILES string of the molecule is COc1ccc([C@@H](I)Cc2ccncc2)cc1OC1=CCCC1. The number of nitrogens with zero attached hydrogens (tertiary/aromatic N) is 1. The highest BCUT2D eigenvalue weighted by Crippen LogP contribution is 2.36. The Morgan fingerprint density at radius 2 is 2.00 bits per heavy atom. The smallest absolute Gasteiger partial charge is 0.169 e. The lowest BCUT2D eigenvalue weighted by Gasteiger charge is -2.15. The third kappa shape index (κ3) is 4.25. The Labute approximate surface area is 150 Å². The van der Waals surface area contributed by atoms with Gasteiger partial charge in [-0.05, 0) is 60.7 Å². The Morgan fingerprint density at radius 1 is 1.17 bits per heavy atom. The molecule has 1 aromatic heterocycles. The van der Waals surface area contributed by atoms with Gasteiger partial charge in [-0.15, -0.1) is 0 Å². The summed E-state index contributed by atoms with van der Waals surface area (Å²) in [7, 11) is 1.68. The van der Waals surface area contributed by atoms with Gasteiger partial charge < -0.3 is 9.47 Å². The van der Waals surface area contributed by atoms with E-state index in [2.05, 4.69) is 57.9 Å². The van der Waals surface area contributed by atoms with Gasteiger partial charge in [0.1, 0.15) is 5.76 Å². The van der Waals surface area contributed by atoms with Crippen LogP contribution >= 0.6 is 22.6 Å². The first-order valence-electron chi connectivity index (χ1n) is 7.84. The third-order valence-corrected chi connectivity index (χ3v) is 5.11. The number of hydrogen-bond donors (Lipinski definition) is 0. The van der Waals surface area contributed by atoms with Gasteiger partial charge in [0.25, 0.3) is 0 Å². The fraction of sp³-hybridized carbons (Fsp3) is 0.316. The van der Waals surface area contributed by atoms with E-state index in [1.807, 2.05) is 18.5 Å². The van der Waals surface area contributed by atoms with Crippen LogP contribution in [0.4, 0.5) is 0 Å². The Bertz CT molecular complexity index is 685. The molecular weight excluding hydrogens is 401 g/mol. The van der Waals surface area contributed by atoms with Crippen molar-refractivity contribution in [1.82, 2.24) is 4.98 Å². The summed E-state index contributed by atoms with van der Waals surface area (Å²) in [6.07, 6.45) is 10.1. The molecular formula is C19H20INO2. The molecule has 1 atom stereocenters. The molecule has 0 spiro atoms. The Kier molecular flexibility index (Phi) is 5.54. The molecule has 4 heteroatoms. The molecule has 0 aliphatic heterocycles. The van der Waals surface area contributed by atoms with Crippen LogP contribution in [0.5, 0.6) is 11.5 Å². The average molecular weight is 421 g/mol. The summed E-state index contributed by atoms with van der Waals surface area (Å²) in [4.78, 5) is 4.07. The number of alkyl halides is 1.